The standard InChI is InChI=1S/C31H40N4O2/c1-5-13-27(20-23(2)3)35(29(36)22-32-21-26-17-11-12-19-33-26)30(28-18-10-9-14-24(28)4)31(37)34-25-15-7-6-8-16-25/h5,9-14,17-20,25,30,32H,2,6-8,15-16,21-22H2,1,3-4H3,(H,34,37). The first-order valence-corrected chi connectivity index (χ1v) is 13.2. The molecule has 0 aliphatic heterocycles. The number of aromatic nitrogens is 1. The second-order valence-corrected chi connectivity index (χ2v) is 9.71. The van der Waals surface area contributed by atoms with E-state index >= 15 is 0 Å². The van der Waals surface area contributed by atoms with Crippen molar-refractivity contribution in [2.24, 2.45) is 0 Å². The molecule has 6 nitrogen and oxygen atoms in total. The van der Waals surface area contributed by atoms with Gasteiger partial charge in [-0.05, 0) is 69.0 Å². The van der Waals surface area contributed by atoms with Crippen molar-refractivity contribution in [3.63, 3.8) is 0 Å². The Morgan fingerprint density at radius 2 is 1.86 bits per heavy atom. The van der Waals surface area contributed by atoms with Gasteiger partial charge in [0, 0.05) is 24.5 Å². The molecule has 0 saturated heterocycles. The molecule has 1 unspecified atom stereocenters. The first-order valence-electron chi connectivity index (χ1n) is 13.2. The molecule has 1 aromatic carbocycles. The van der Waals surface area contributed by atoms with Gasteiger partial charge < -0.3 is 10.6 Å². The number of pyridine rings is 1. The molecule has 1 aromatic heterocycles. The summed E-state index contributed by atoms with van der Waals surface area (Å²) in [6.07, 6.45) is 12.7. The van der Waals surface area contributed by atoms with Crippen molar-refractivity contribution >= 4 is 11.8 Å². The van der Waals surface area contributed by atoms with E-state index in [4.69, 9.17) is 0 Å². The highest BCUT2D eigenvalue weighted by Gasteiger charge is 2.35. The summed E-state index contributed by atoms with van der Waals surface area (Å²) in [5.41, 5.74) is 4.04. The summed E-state index contributed by atoms with van der Waals surface area (Å²) in [5.74, 6) is -0.357. The lowest BCUT2D eigenvalue weighted by atomic mass is 9.93. The van der Waals surface area contributed by atoms with E-state index in [0.29, 0.717) is 12.2 Å². The summed E-state index contributed by atoms with van der Waals surface area (Å²) in [5, 5.41) is 6.49. The van der Waals surface area contributed by atoms with Crippen LogP contribution < -0.4 is 10.6 Å². The van der Waals surface area contributed by atoms with E-state index in [2.05, 4.69) is 22.2 Å². The van der Waals surface area contributed by atoms with Gasteiger partial charge in [-0.3, -0.25) is 19.5 Å². The topological polar surface area (TPSA) is 74.3 Å². The van der Waals surface area contributed by atoms with Gasteiger partial charge in [-0.1, -0.05) is 67.8 Å². The van der Waals surface area contributed by atoms with Crippen LogP contribution in [-0.2, 0) is 16.1 Å². The second kappa shape index (κ2) is 14.3. The van der Waals surface area contributed by atoms with Gasteiger partial charge in [-0.15, -0.1) is 0 Å². The fraction of sp³-hybridized carbons (Fsp3) is 0.387. The lowest BCUT2D eigenvalue weighted by Crippen LogP contribution is -2.48. The number of carbonyl (C=O) groups is 2. The van der Waals surface area contributed by atoms with Gasteiger partial charge in [0.05, 0.1) is 12.2 Å². The average molecular weight is 501 g/mol. The number of nitrogens with zero attached hydrogens (tertiary/aromatic N) is 2. The van der Waals surface area contributed by atoms with Crippen LogP contribution in [0.25, 0.3) is 0 Å². The molecule has 1 heterocycles. The van der Waals surface area contributed by atoms with Crippen LogP contribution in [0.15, 0.2) is 84.7 Å². The Bertz CT molecular complexity index is 1120. The van der Waals surface area contributed by atoms with Crippen LogP contribution in [0.4, 0.5) is 0 Å². The number of aryl methyl sites for hydroxylation is 1. The third-order valence-electron chi connectivity index (χ3n) is 6.53. The summed E-state index contributed by atoms with van der Waals surface area (Å²) in [4.78, 5) is 33.9. The van der Waals surface area contributed by atoms with Gasteiger partial charge in [-0.25, -0.2) is 0 Å². The Morgan fingerprint density at radius 1 is 1.14 bits per heavy atom. The smallest absolute Gasteiger partial charge is 0.248 e. The fourth-order valence-corrected chi connectivity index (χ4v) is 4.76. The second-order valence-electron chi connectivity index (χ2n) is 9.71. The van der Waals surface area contributed by atoms with Gasteiger partial charge >= 0.3 is 0 Å². The van der Waals surface area contributed by atoms with E-state index < -0.39 is 6.04 Å². The van der Waals surface area contributed by atoms with Crippen LogP contribution in [-0.4, -0.2) is 34.3 Å². The minimum atomic E-state index is -0.811. The number of amides is 2. The number of nitrogens with one attached hydrogen (secondary N) is 2. The molecule has 3 rings (SSSR count). The van der Waals surface area contributed by atoms with Crippen LogP contribution in [0, 0.1) is 6.92 Å². The molecule has 2 aromatic rings. The van der Waals surface area contributed by atoms with Crippen LogP contribution in [0.2, 0.25) is 0 Å². The fourth-order valence-electron chi connectivity index (χ4n) is 4.76. The van der Waals surface area contributed by atoms with Crippen LogP contribution in [0.3, 0.4) is 0 Å². The van der Waals surface area contributed by atoms with Crippen molar-refractivity contribution < 1.29 is 9.59 Å². The van der Waals surface area contributed by atoms with Gasteiger partial charge in [0.25, 0.3) is 0 Å². The van der Waals surface area contributed by atoms with Crippen LogP contribution in [0.5, 0.6) is 0 Å². The Morgan fingerprint density at radius 3 is 2.51 bits per heavy atom. The number of hydrogen-bond donors (Lipinski definition) is 2. The third-order valence-corrected chi connectivity index (χ3v) is 6.53. The molecule has 1 aliphatic rings. The zero-order chi connectivity index (χ0) is 26.6. The molecule has 2 amide bonds. The average Bonchev–Trinajstić information content (AvgIpc) is 2.88. The van der Waals surface area contributed by atoms with Crippen LogP contribution >= 0.6 is 0 Å². The minimum Gasteiger partial charge on any atom is -0.351 e. The monoisotopic (exact) mass is 500 g/mol. The van der Waals surface area contributed by atoms with Crippen molar-refractivity contribution in [2.75, 3.05) is 6.54 Å². The van der Waals surface area contributed by atoms with E-state index in [1.165, 1.54) is 6.42 Å². The van der Waals surface area contributed by atoms with Gasteiger partial charge in [-0.2, -0.15) is 0 Å². The minimum absolute atomic E-state index is 0.0563. The summed E-state index contributed by atoms with van der Waals surface area (Å²) in [7, 11) is 0. The maximum Gasteiger partial charge on any atom is 0.248 e. The molecule has 6 heteroatoms. The summed E-state index contributed by atoms with van der Waals surface area (Å²) < 4.78 is 0. The Labute approximate surface area is 221 Å². The highest BCUT2D eigenvalue weighted by molar-refractivity contribution is 5.91. The van der Waals surface area contributed by atoms with Crippen molar-refractivity contribution in [2.45, 2.75) is 71.5 Å². The largest absolute Gasteiger partial charge is 0.351 e. The normalized spacial score (nSPS) is 15.4. The van der Waals surface area contributed by atoms with Gasteiger partial charge in [0.15, 0.2) is 0 Å². The third kappa shape index (κ3) is 8.25. The Kier molecular flexibility index (Phi) is 10.8. The lowest BCUT2D eigenvalue weighted by Gasteiger charge is -2.35. The maximum absolute atomic E-state index is 14.0. The predicted octanol–water partition coefficient (Wildman–Crippen LogP) is 5.53. The quantitative estimate of drug-likeness (QED) is 0.398. The zero-order valence-electron chi connectivity index (χ0n) is 22.4. The van der Waals surface area contributed by atoms with E-state index in [1.54, 1.807) is 11.1 Å². The molecule has 0 radical (unpaired) electrons. The Hall–Kier alpha value is -3.51. The molecular weight excluding hydrogens is 460 g/mol. The molecule has 0 spiro atoms. The van der Waals surface area contributed by atoms with Crippen molar-refractivity contribution in [1.82, 2.24) is 20.5 Å². The van der Waals surface area contributed by atoms with Crippen molar-refractivity contribution in [1.29, 1.82) is 0 Å². The molecule has 1 atom stereocenters. The zero-order valence-corrected chi connectivity index (χ0v) is 22.4. The number of rotatable bonds is 11. The van der Waals surface area contributed by atoms with Crippen molar-refractivity contribution in [3.8, 4) is 0 Å². The molecule has 2 N–H and O–H groups in total. The molecule has 1 saturated carbocycles. The number of carbonyl (C=O) groups excluding carboxylic acids is 2. The first kappa shape index (κ1) is 28.1. The summed E-state index contributed by atoms with van der Waals surface area (Å²) in [6.45, 7) is 10.3. The van der Waals surface area contributed by atoms with E-state index in [9.17, 15) is 9.59 Å². The molecule has 0 bridgehead atoms. The number of hydrogen-bond acceptors (Lipinski definition) is 4. The highest BCUT2D eigenvalue weighted by atomic mass is 16.2. The molecule has 196 valence electrons. The van der Waals surface area contributed by atoms with Crippen molar-refractivity contribution in [3.05, 3.63) is 102 Å². The number of benzene rings is 1. The molecule has 37 heavy (non-hydrogen) atoms. The van der Waals surface area contributed by atoms with Gasteiger partial charge in [0.1, 0.15) is 6.04 Å². The highest BCUT2D eigenvalue weighted by Crippen LogP contribution is 2.30. The Balaban J connectivity index is 1.99. The van der Waals surface area contributed by atoms with E-state index in [0.717, 1.165) is 48.1 Å². The molecule has 1 aliphatic carbocycles. The van der Waals surface area contributed by atoms with Crippen LogP contribution in [0.1, 0.15) is 68.8 Å². The van der Waals surface area contributed by atoms with Gasteiger partial charge in [0.2, 0.25) is 11.8 Å². The predicted molar refractivity (Wildman–Crippen MR) is 149 cm³/mol. The maximum atomic E-state index is 14.0. The molecule has 1 fully saturated rings. The van der Waals surface area contributed by atoms with E-state index in [1.807, 2.05) is 81.5 Å². The SMILES string of the molecule is C=C(C)C=C(C=CC)N(C(=O)CNCc1ccccn1)C(C(=O)NC1CCCCC1)c1ccccc1C. The van der Waals surface area contributed by atoms with E-state index in [-0.39, 0.29) is 24.4 Å². The lowest BCUT2D eigenvalue weighted by molar-refractivity contribution is -0.138. The summed E-state index contributed by atoms with van der Waals surface area (Å²) >= 11 is 0. The summed E-state index contributed by atoms with van der Waals surface area (Å²) in [6, 6.07) is 12.8. The number of allylic oxidation sites excluding steroid dienone is 4. The molecular formula is C31H40N4O2. The first-order chi connectivity index (χ1) is 17.9.